The van der Waals surface area contributed by atoms with Crippen LogP contribution >= 0.6 is 0 Å². The van der Waals surface area contributed by atoms with E-state index < -0.39 is 0 Å². The van der Waals surface area contributed by atoms with Gasteiger partial charge in [0.2, 0.25) is 5.91 Å². The van der Waals surface area contributed by atoms with Gasteiger partial charge < -0.3 is 19.1 Å². The highest BCUT2D eigenvalue weighted by atomic mass is 16.5. The van der Waals surface area contributed by atoms with Crippen LogP contribution in [0.2, 0.25) is 0 Å². The molecule has 0 radical (unpaired) electrons. The zero-order valence-electron chi connectivity index (χ0n) is 11.7. The molecule has 19 heavy (non-hydrogen) atoms. The molecule has 1 saturated heterocycles. The maximum Gasteiger partial charge on any atom is 0.309 e. The first-order chi connectivity index (χ1) is 9.19. The Morgan fingerprint density at radius 2 is 1.89 bits per heavy atom. The third kappa shape index (κ3) is 5.57. The number of methoxy groups -OCH3 is 1. The molecule has 6 nitrogen and oxygen atoms in total. The third-order valence-corrected chi connectivity index (χ3v) is 3.12. The average molecular weight is 273 g/mol. The average Bonchev–Trinajstić information content (AvgIpc) is 2.44. The molecule has 1 heterocycles. The van der Waals surface area contributed by atoms with Crippen molar-refractivity contribution < 1.29 is 23.8 Å². The fourth-order valence-electron chi connectivity index (χ4n) is 2.02. The molecule has 0 saturated carbocycles. The molecular weight excluding hydrogens is 250 g/mol. The van der Waals surface area contributed by atoms with Crippen LogP contribution in [0.5, 0.6) is 0 Å². The van der Waals surface area contributed by atoms with E-state index in [-0.39, 0.29) is 24.4 Å². The number of piperidine rings is 1. The minimum absolute atomic E-state index is 0.0292. The van der Waals surface area contributed by atoms with E-state index in [1.165, 1.54) is 0 Å². The lowest BCUT2D eigenvalue weighted by atomic mass is 9.97. The van der Waals surface area contributed by atoms with Gasteiger partial charge in [0.05, 0.1) is 25.7 Å². The Labute approximate surface area is 114 Å². The first-order valence-corrected chi connectivity index (χ1v) is 6.70. The molecule has 1 fully saturated rings. The van der Waals surface area contributed by atoms with Gasteiger partial charge in [0, 0.05) is 20.2 Å². The second-order valence-electron chi connectivity index (χ2n) is 4.45. The fourth-order valence-corrected chi connectivity index (χ4v) is 2.02. The van der Waals surface area contributed by atoms with Crippen LogP contribution in [-0.4, -0.2) is 63.4 Å². The summed E-state index contributed by atoms with van der Waals surface area (Å²) in [6.45, 7) is 4.37. The second kappa shape index (κ2) is 8.87. The van der Waals surface area contributed by atoms with Gasteiger partial charge in [-0.2, -0.15) is 0 Å². The number of nitrogens with zero attached hydrogens (tertiary/aromatic N) is 1. The fraction of sp³-hybridized carbons (Fsp3) is 0.846. The lowest BCUT2D eigenvalue weighted by Gasteiger charge is -2.30. The molecule has 1 aliphatic rings. The summed E-state index contributed by atoms with van der Waals surface area (Å²) in [6.07, 6.45) is 1.34. The quantitative estimate of drug-likeness (QED) is 0.498. The normalized spacial score (nSPS) is 16.4. The smallest absolute Gasteiger partial charge is 0.309 e. The van der Waals surface area contributed by atoms with Crippen LogP contribution in [0.15, 0.2) is 0 Å². The number of hydrogen-bond acceptors (Lipinski definition) is 5. The number of hydrogen-bond donors (Lipinski definition) is 0. The van der Waals surface area contributed by atoms with Gasteiger partial charge in [-0.15, -0.1) is 0 Å². The summed E-state index contributed by atoms with van der Waals surface area (Å²) in [5, 5.41) is 0. The number of ether oxygens (including phenoxy) is 3. The van der Waals surface area contributed by atoms with Crippen LogP contribution in [0.4, 0.5) is 0 Å². The van der Waals surface area contributed by atoms with Crippen molar-refractivity contribution in [1.29, 1.82) is 0 Å². The highest BCUT2D eigenvalue weighted by Gasteiger charge is 2.27. The molecule has 0 spiro atoms. The molecule has 0 bridgehead atoms. The van der Waals surface area contributed by atoms with Crippen molar-refractivity contribution in [1.82, 2.24) is 4.90 Å². The van der Waals surface area contributed by atoms with Gasteiger partial charge in [0.15, 0.2) is 0 Å². The maximum atomic E-state index is 11.8. The van der Waals surface area contributed by atoms with Crippen molar-refractivity contribution in [3.05, 3.63) is 0 Å². The Bertz CT molecular complexity index is 287. The molecule has 110 valence electrons. The van der Waals surface area contributed by atoms with E-state index in [9.17, 15) is 9.59 Å². The van der Waals surface area contributed by atoms with Gasteiger partial charge in [-0.1, -0.05) is 0 Å². The summed E-state index contributed by atoms with van der Waals surface area (Å²) in [5.41, 5.74) is 0. The van der Waals surface area contributed by atoms with E-state index in [2.05, 4.69) is 0 Å². The largest absolute Gasteiger partial charge is 0.466 e. The minimum atomic E-state index is -0.147. The van der Waals surface area contributed by atoms with E-state index >= 15 is 0 Å². The zero-order valence-corrected chi connectivity index (χ0v) is 11.7. The van der Waals surface area contributed by atoms with Crippen LogP contribution in [0.25, 0.3) is 0 Å². The highest BCUT2D eigenvalue weighted by Crippen LogP contribution is 2.18. The Balaban J connectivity index is 2.21. The molecule has 0 aliphatic carbocycles. The number of esters is 1. The highest BCUT2D eigenvalue weighted by molar-refractivity contribution is 5.78. The van der Waals surface area contributed by atoms with E-state index in [4.69, 9.17) is 14.2 Å². The van der Waals surface area contributed by atoms with E-state index in [1.807, 2.05) is 0 Å². The molecule has 0 aromatic heterocycles. The van der Waals surface area contributed by atoms with Crippen LogP contribution < -0.4 is 0 Å². The summed E-state index contributed by atoms with van der Waals surface area (Å²) < 4.78 is 15.0. The Morgan fingerprint density at radius 1 is 1.21 bits per heavy atom. The molecule has 1 rings (SSSR count). The molecule has 0 unspecified atom stereocenters. The molecule has 0 N–H and O–H groups in total. The van der Waals surface area contributed by atoms with Crippen molar-refractivity contribution in [3.8, 4) is 0 Å². The lowest BCUT2D eigenvalue weighted by Crippen LogP contribution is -2.42. The van der Waals surface area contributed by atoms with E-state index in [0.717, 1.165) is 0 Å². The minimum Gasteiger partial charge on any atom is -0.466 e. The van der Waals surface area contributed by atoms with Gasteiger partial charge in [-0.3, -0.25) is 9.59 Å². The van der Waals surface area contributed by atoms with Crippen molar-refractivity contribution in [3.63, 3.8) is 0 Å². The van der Waals surface area contributed by atoms with Crippen molar-refractivity contribution >= 4 is 11.9 Å². The van der Waals surface area contributed by atoms with Crippen molar-refractivity contribution in [2.75, 3.05) is 46.6 Å². The molecule has 0 aromatic rings. The zero-order chi connectivity index (χ0) is 14.1. The molecular formula is C13H23NO5. The predicted octanol–water partition coefficient (Wildman–Crippen LogP) is 0.451. The van der Waals surface area contributed by atoms with E-state index in [1.54, 1.807) is 18.9 Å². The standard InChI is InChI=1S/C13H23NO5/c1-3-19-13(16)11-4-6-14(7-5-11)12(15)10-18-9-8-17-2/h11H,3-10H2,1-2H3. The SMILES string of the molecule is CCOC(=O)C1CCN(C(=O)COCCOC)CC1. The maximum absolute atomic E-state index is 11.8. The molecule has 1 amide bonds. The third-order valence-electron chi connectivity index (χ3n) is 3.12. The summed E-state index contributed by atoms with van der Waals surface area (Å²) in [5.74, 6) is -0.247. The van der Waals surface area contributed by atoms with Crippen LogP contribution in [0, 0.1) is 5.92 Å². The summed E-state index contributed by atoms with van der Waals surface area (Å²) in [4.78, 5) is 25.1. The van der Waals surface area contributed by atoms with Gasteiger partial charge in [0.25, 0.3) is 0 Å². The van der Waals surface area contributed by atoms with Crippen LogP contribution in [0.1, 0.15) is 19.8 Å². The lowest BCUT2D eigenvalue weighted by molar-refractivity contribution is -0.151. The topological polar surface area (TPSA) is 65.1 Å². The van der Waals surface area contributed by atoms with Gasteiger partial charge in [-0.05, 0) is 19.8 Å². The second-order valence-corrected chi connectivity index (χ2v) is 4.45. The number of rotatable bonds is 7. The van der Waals surface area contributed by atoms with Gasteiger partial charge in [0.1, 0.15) is 6.61 Å². The van der Waals surface area contributed by atoms with Crippen LogP contribution in [-0.2, 0) is 23.8 Å². The number of amides is 1. The Hall–Kier alpha value is -1.14. The molecule has 0 atom stereocenters. The first kappa shape index (κ1) is 15.9. The summed E-state index contributed by atoms with van der Waals surface area (Å²) >= 11 is 0. The molecule has 0 aromatic carbocycles. The summed E-state index contributed by atoms with van der Waals surface area (Å²) in [6, 6.07) is 0. The number of carbonyl (C=O) groups excluding carboxylic acids is 2. The number of carbonyl (C=O) groups is 2. The summed E-state index contributed by atoms with van der Waals surface area (Å²) in [7, 11) is 1.59. The van der Waals surface area contributed by atoms with Crippen LogP contribution in [0.3, 0.4) is 0 Å². The van der Waals surface area contributed by atoms with Crippen molar-refractivity contribution in [2.45, 2.75) is 19.8 Å². The Morgan fingerprint density at radius 3 is 2.47 bits per heavy atom. The first-order valence-electron chi connectivity index (χ1n) is 6.70. The molecule has 1 aliphatic heterocycles. The molecule has 6 heteroatoms. The Kier molecular flexibility index (Phi) is 7.43. The van der Waals surface area contributed by atoms with E-state index in [0.29, 0.717) is 45.8 Å². The predicted molar refractivity (Wildman–Crippen MR) is 68.6 cm³/mol. The monoisotopic (exact) mass is 273 g/mol. The van der Waals surface area contributed by atoms with Gasteiger partial charge in [-0.25, -0.2) is 0 Å². The number of likely N-dealkylation sites (tertiary alicyclic amines) is 1. The van der Waals surface area contributed by atoms with Gasteiger partial charge >= 0.3 is 5.97 Å². The van der Waals surface area contributed by atoms with Crippen molar-refractivity contribution in [2.24, 2.45) is 5.92 Å².